The Morgan fingerprint density at radius 2 is 2.08 bits per heavy atom. The molecule has 2 saturated heterocycles. The van der Waals surface area contributed by atoms with Crippen molar-refractivity contribution in [2.45, 2.75) is 25.6 Å². The maximum atomic E-state index is 12.2. The first-order valence-corrected chi connectivity index (χ1v) is 8.34. The molecule has 2 aliphatic rings. The molecule has 1 N–H and O–H groups in total. The molecule has 2 fully saturated rings. The number of nitrogens with zero attached hydrogens (tertiary/aromatic N) is 2. The summed E-state index contributed by atoms with van der Waals surface area (Å²) in [5.74, 6) is -0.536. The maximum absolute atomic E-state index is 12.2. The molecule has 9 heteroatoms. The Morgan fingerprint density at radius 1 is 1.28 bits per heavy atom. The van der Waals surface area contributed by atoms with E-state index in [9.17, 15) is 14.9 Å². The van der Waals surface area contributed by atoms with E-state index in [0.29, 0.717) is 45.0 Å². The van der Waals surface area contributed by atoms with Crippen LogP contribution >= 0.6 is 0 Å². The number of nitro benzene ring substituents is 1. The van der Waals surface area contributed by atoms with E-state index >= 15 is 0 Å². The minimum atomic E-state index is -0.536. The number of hydrogen-bond acceptors (Lipinski definition) is 7. The van der Waals surface area contributed by atoms with Gasteiger partial charge in [-0.3, -0.25) is 14.9 Å². The molecule has 1 aromatic rings. The molecule has 0 bridgehead atoms. The van der Waals surface area contributed by atoms with Crippen molar-refractivity contribution in [3.05, 3.63) is 33.9 Å². The summed E-state index contributed by atoms with van der Waals surface area (Å²) in [5, 5.41) is 11.4. The zero-order chi connectivity index (χ0) is 17.6. The zero-order valence-electron chi connectivity index (χ0n) is 13.8. The number of rotatable bonds is 5. The van der Waals surface area contributed by atoms with Crippen molar-refractivity contribution >= 4 is 17.3 Å². The van der Waals surface area contributed by atoms with Gasteiger partial charge in [-0.15, -0.1) is 0 Å². The Balaban J connectivity index is 1.69. The fraction of sp³-hybridized carbons (Fsp3) is 0.562. The number of ether oxygens (including phenoxy) is 2. The number of amides is 1. The van der Waals surface area contributed by atoms with Gasteiger partial charge in [0.05, 0.1) is 18.1 Å². The third kappa shape index (κ3) is 4.44. The number of hydroxylamine groups is 1. The lowest BCUT2D eigenvalue weighted by molar-refractivity contribution is -0.384. The summed E-state index contributed by atoms with van der Waals surface area (Å²) in [6.07, 6.45) is 2.18. The molecule has 0 radical (unpaired) electrons. The van der Waals surface area contributed by atoms with Crippen LogP contribution in [0.3, 0.4) is 0 Å². The molecular formula is C16H21N3O6. The van der Waals surface area contributed by atoms with Gasteiger partial charge in [0.1, 0.15) is 5.69 Å². The molecule has 136 valence electrons. The van der Waals surface area contributed by atoms with Crippen molar-refractivity contribution in [3.8, 4) is 0 Å². The summed E-state index contributed by atoms with van der Waals surface area (Å²) in [6, 6.07) is 4.42. The molecule has 0 aliphatic carbocycles. The Morgan fingerprint density at radius 3 is 2.76 bits per heavy atom. The number of carbonyl (C=O) groups is 1. The highest BCUT2D eigenvalue weighted by molar-refractivity contribution is 5.95. The van der Waals surface area contributed by atoms with E-state index in [2.05, 4.69) is 5.48 Å². The van der Waals surface area contributed by atoms with Crippen molar-refractivity contribution in [1.82, 2.24) is 5.48 Å². The summed E-state index contributed by atoms with van der Waals surface area (Å²) >= 11 is 0. The first kappa shape index (κ1) is 17.6. The van der Waals surface area contributed by atoms with Gasteiger partial charge >= 0.3 is 0 Å². The van der Waals surface area contributed by atoms with Gasteiger partial charge in [-0.05, 0) is 25.0 Å². The van der Waals surface area contributed by atoms with Crippen LogP contribution in [0.1, 0.15) is 29.6 Å². The molecule has 0 saturated carbocycles. The van der Waals surface area contributed by atoms with Crippen LogP contribution in [-0.2, 0) is 14.3 Å². The predicted molar refractivity (Wildman–Crippen MR) is 88.3 cm³/mol. The minimum absolute atomic E-state index is 0.108. The van der Waals surface area contributed by atoms with Crippen LogP contribution in [-0.4, -0.2) is 50.0 Å². The molecule has 25 heavy (non-hydrogen) atoms. The first-order chi connectivity index (χ1) is 12.1. The molecule has 2 aliphatic heterocycles. The third-order valence-corrected chi connectivity index (χ3v) is 4.21. The van der Waals surface area contributed by atoms with E-state index in [4.69, 9.17) is 14.3 Å². The van der Waals surface area contributed by atoms with Crippen LogP contribution in [0.5, 0.6) is 0 Å². The minimum Gasteiger partial charge on any atom is -0.378 e. The molecule has 1 aromatic carbocycles. The van der Waals surface area contributed by atoms with Gasteiger partial charge in [-0.2, -0.15) is 0 Å². The number of carbonyl (C=O) groups excluding carboxylic acids is 1. The summed E-state index contributed by atoms with van der Waals surface area (Å²) in [5.41, 5.74) is 2.86. The van der Waals surface area contributed by atoms with Gasteiger partial charge in [0.15, 0.2) is 6.29 Å². The quantitative estimate of drug-likeness (QED) is 0.635. The lowest BCUT2D eigenvalue weighted by Gasteiger charge is -2.28. The second kappa shape index (κ2) is 8.24. The normalized spacial score (nSPS) is 21.0. The lowest BCUT2D eigenvalue weighted by atomic mass is 10.1. The maximum Gasteiger partial charge on any atom is 0.293 e. The van der Waals surface area contributed by atoms with Crippen molar-refractivity contribution in [3.63, 3.8) is 0 Å². The fourth-order valence-corrected chi connectivity index (χ4v) is 2.86. The number of nitro groups is 1. The lowest BCUT2D eigenvalue weighted by Crippen LogP contribution is -2.36. The summed E-state index contributed by atoms with van der Waals surface area (Å²) in [4.78, 5) is 30.2. The molecular weight excluding hydrogens is 330 g/mol. The van der Waals surface area contributed by atoms with Crippen molar-refractivity contribution in [1.29, 1.82) is 0 Å². The number of nitrogens with one attached hydrogen (secondary N) is 1. The second-order valence-electron chi connectivity index (χ2n) is 5.91. The summed E-state index contributed by atoms with van der Waals surface area (Å²) in [6.45, 7) is 2.80. The number of benzene rings is 1. The summed E-state index contributed by atoms with van der Waals surface area (Å²) in [7, 11) is 0. The van der Waals surface area contributed by atoms with Gasteiger partial charge in [0, 0.05) is 37.7 Å². The van der Waals surface area contributed by atoms with E-state index in [0.717, 1.165) is 12.8 Å². The van der Waals surface area contributed by atoms with Crippen LogP contribution in [0.15, 0.2) is 18.2 Å². The Labute approximate surface area is 144 Å². The smallest absolute Gasteiger partial charge is 0.293 e. The standard InChI is InChI=1S/C16H21N3O6/c20-16(17-25-15-3-1-2-8-24-15)12-4-5-13(14(11-12)19(21)22)18-6-9-23-10-7-18/h4-5,11,15H,1-3,6-10H2,(H,17,20)/t15-/m1/s1. The van der Waals surface area contributed by atoms with Gasteiger partial charge in [0.25, 0.3) is 11.6 Å². The molecule has 1 atom stereocenters. The van der Waals surface area contributed by atoms with E-state index in [1.807, 2.05) is 4.90 Å². The van der Waals surface area contributed by atoms with E-state index < -0.39 is 17.1 Å². The molecule has 0 aromatic heterocycles. The van der Waals surface area contributed by atoms with Crippen LogP contribution < -0.4 is 10.4 Å². The third-order valence-electron chi connectivity index (χ3n) is 4.21. The van der Waals surface area contributed by atoms with Crippen molar-refractivity contribution in [2.75, 3.05) is 37.8 Å². The monoisotopic (exact) mass is 351 g/mol. The topological polar surface area (TPSA) is 103 Å². The van der Waals surface area contributed by atoms with Crippen LogP contribution in [0.2, 0.25) is 0 Å². The van der Waals surface area contributed by atoms with Crippen LogP contribution in [0.4, 0.5) is 11.4 Å². The average Bonchev–Trinajstić information content (AvgIpc) is 2.67. The number of morpholine rings is 1. The highest BCUT2D eigenvalue weighted by Crippen LogP contribution is 2.30. The zero-order valence-corrected chi connectivity index (χ0v) is 13.8. The molecule has 2 heterocycles. The Bertz CT molecular complexity index is 626. The highest BCUT2D eigenvalue weighted by Gasteiger charge is 2.24. The predicted octanol–water partition coefficient (Wildman–Crippen LogP) is 1.62. The van der Waals surface area contributed by atoms with Gasteiger partial charge in [-0.25, -0.2) is 10.3 Å². The van der Waals surface area contributed by atoms with E-state index in [1.54, 1.807) is 12.1 Å². The van der Waals surface area contributed by atoms with Gasteiger partial charge in [0.2, 0.25) is 0 Å². The van der Waals surface area contributed by atoms with Crippen LogP contribution in [0, 0.1) is 10.1 Å². The Kier molecular flexibility index (Phi) is 5.79. The van der Waals surface area contributed by atoms with E-state index in [1.165, 1.54) is 6.07 Å². The number of anilines is 1. The van der Waals surface area contributed by atoms with Crippen LogP contribution in [0.25, 0.3) is 0 Å². The molecule has 0 spiro atoms. The molecule has 3 rings (SSSR count). The molecule has 9 nitrogen and oxygen atoms in total. The largest absolute Gasteiger partial charge is 0.378 e. The first-order valence-electron chi connectivity index (χ1n) is 8.34. The van der Waals surface area contributed by atoms with E-state index in [-0.39, 0.29) is 11.3 Å². The number of hydrogen-bond donors (Lipinski definition) is 1. The Hall–Kier alpha value is -2.23. The van der Waals surface area contributed by atoms with Gasteiger partial charge in [-0.1, -0.05) is 0 Å². The second-order valence-corrected chi connectivity index (χ2v) is 5.91. The van der Waals surface area contributed by atoms with Crippen molar-refractivity contribution < 1.29 is 24.0 Å². The summed E-state index contributed by atoms with van der Waals surface area (Å²) < 4.78 is 10.6. The van der Waals surface area contributed by atoms with Crippen molar-refractivity contribution in [2.24, 2.45) is 0 Å². The fourth-order valence-electron chi connectivity index (χ4n) is 2.86. The average molecular weight is 351 g/mol. The SMILES string of the molecule is O=C(NO[C@@H]1CCCCO1)c1ccc(N2CCOCC2)c([N+](=O)[O-])c1. The highest BCUT2D eigenvalue weighted by atomic mass is 16.8. The molecule has 1 amide bonds. The molecule has 0 unspecified atom stereocenters. The van der Waals surface area contributed by atoms with Gasteiger partial charge < -0.3 is 14.4 Å².